The molecule has 0 radical (unpaired) electrons. The van der Waals surface area contributed by atoms with Gasteiger partial charge < -0.3 is 15.1 Å². The van der Waals surface area contributed by atoms with Crippen molar-refractivity contribution in [3.05, 3.63) is 89.4 Å². The highest BCUT2D eigenvalue weighted by Crippen LogP contribution is 2.18. The van der Waals surface area contributed by atoms with E-state index in [1.54, 1.807) is 36.4 Å². The zero-order valence-electron chi connectivity index (χ0n) is 15.4. The van der Waals surface area contributed by atoms with Crippen LogP contribution in [0.2, 0.25) is 0 Å². The number of amides is 2. The summed E-state index contributed by atoms with van der Waals surface area (Å²) in [5.41, 5.74) is 2.49. The van der Waals surface area contributed by atoms with Crippen LogP contribution in [0.25, 0.3) is 0 Å². The van der Waals surface area contributed by atoms with Gasteiger partial charge in [0.15, 0.2) is 5.76 Å². The summed E-state index contributed by atoms with van der Waals surface area (Å²) in [7, 11) is 0. The van der Waals surface area contributed by atoms with E-state index in [0.29, 0.717) is 22.9 Å². The lowest BCUT2D eigenvalue weighted by Gasteiger charge is -2.07. The second-order valence-corrected chi connectivity index (χ2v) is 6.55. The van der Waals surface area contributed by atoms with Crippen LogP contribution in [0.5, 0.6) is 0 Å². The van der Waals surface area contributed by atoms with Crippen LogP contribution in [-0.4, -0.2) is 11.8 Å². The molecule has 0 spiro atoms. The number of nitrogens with one attached hydrogen (secondary N) is 2. The zero-order chi connectivity index (χ0) is 19.2. The molecule has 5 heteroatoms. The third-order valence-electron chi connectivity index (χ3n) is 4.18. The number of rotatable bonds is 6. The van der Waals surface area contributed by atoms with Crippen LogP contribution >= 0.6 is 0 Å². The first-order valence-corrected chi connectivity index (χ1v) is 8.86. The molecule has 0 saturated heterocycles. The number of hydrogen-bond donors (Lipinski definition) is 2. The third kappa shape index (κ3) is 4.85. The number of hydrogen-bond acceptors (Lipinski definition) is 3. The van der Waals surface area contributed by atoms with Crippen LogP contribution in [0.15, 0.2) is 71.1 Å². The highest BCUT2D eigenvalue weighted by atomic mass is 16.4. The van der Waals surface area contributed by atoms with Crippen molar-refractivity contribution in [2.24, 2.45) is 0 Å². The number of carbonyl (C=O) groups excluding carboxylic acids is 2. The molecule has 138 valence electrons. The Morgan fingerprint density at radius 3 is 2.26 bits per heavy atom. The molecule has 3 rings (SSSR count). The van der Waals surface area contributed by atoms with E-state index in [4.69, 9.17) is 4.42 Å². The van der Waals surface area contributed by atoms with Gasteiger partial charge in [0.05, 0.1) is 6.54 Å². The quantitative estimate of drug-likeness (QED) is 0.674. The molecule has 1 heterocycles. The van der Waals surface area contributed by atoms with E-state index < -0.39 is 0 Å². The van der Waals surface area contributed by atoms with Gasteiger partial charge in [0.25, 0.3) is 11.8 Å². The van der Waals surface area contributed by atoms with E-state index in [-0.39, 0.29) is 24.1 Å². The van der Waals surface area contributed by atoms with Crippen LogP contribution in [0.4, 0.5) is 5.69 Å². The lowest BCUT2D eigenvalue weighted by Crippen LogP contribution is -2.22. The molecule has 0 aliphatic carbocycles. The van der Waals surface area contributed by atoms with Crippen molar-refractivity contribution in [2.45, 2.75) is 26.3 Å². The summed E-state index contributed by atoms with van der Waals surface area (Å²) in [5, 5.41) is 5.58. The van der Waals surface area contributed by atoms with Gasteiger partial charge in [0.2, 0.25) is 0 Å². The molecular weight excluding hydrogens is 340 g/mol. The van der Waals surface area contributed by atoms with Gasteiger partial charge in [-0.3, -0.25) is 9.59 Å². The smallest absolute Gasteiger partial charge is 0.291 e. The molecule has 2 N–H and O–H groups in total. The average molecular weight is 362 g/mol. The zero-order valence-corrected chi connectivity index (χ0v) is 15.4. The van der Waals surface area contributed by atoms with Gasteiger partial charge in [-0.25, -0.2) is 0 Å². The molecule has 2 aromatic carbocycles. The predicted octanol–water partition coefficient (Wildman–Crippen LogP) is 4.59. The van der Waals surface area contributed by atoms with Crippen LogP contribution in [0.3, 0.4) is 0 Å². The molecule has 3 aromatic rings. The molecule has 0 aliphatic heterocycles. The van der Waals surface area contributed by atoms with Crippen molar-refractivity contribution in [3.8, 4) is 0 Å². The Labute approximate surface area is 158 Å². The molecule has 1 aromatic heterocycles. The fraction of sp³-hybridized carbons (Fsp3) is 0.182. The number of benzene rings is 2. The topological polar surface area (TPSA) is 71.3 Å². The fourth-order valence-corrected chi connectivity index (χ4v) is 2.60. The second kappa shape index (κ2) is 8.36. The maximum absolute atomic E-state index is 12.3. The summed E-state index contributed by atoms with van der Waals surface area (Å²) < 4.78 is 5.54. The minimum absolute atomic E-state index is 0.191. The first-order chi connectivity index (χ1) is 13.0. The monoisotopic (exact) mass is 362 g/mol. The minimum atomic E-state index is -0.326. The summed E-state index contributed by atoms with van der Waals surface area (Å²) in [5.74, 6) is 0.635. The maximum Gasteiger partial charge on any atom is 0.291 e. The maximum atomic E-state index is 12.3. The Morgan fingerprint density at radius 2 is 1.59 bits per heavy atom. The summed E-state index contributed by atoms with van der Waals surface area (Å²) in [4.78, 5) is 24.4. The molecule has 2 amide bonds. The lowest BCUT2D eigenvalue weighted by molar-refractivity contribution is 0.0948. The van der Waals surface area contributed by atoms with Crippen LogP contribution in [0, 0.1) is 0 Å². The fourth-order valence-electron chi connectivity index (χ4n) is 2.60. The molecular formula is C22H22N2O3. The largest absolute Gasteiger partial charge is 0.454 e. The second-order valence-electron chi connectivity index (χ2n) is 6.55. The van der Waals surface area contributed by atoms with Crippen molar-refractivity contribution < 1.29 is 14.0 Å². The number of anilines is 1. The van der Waals surface area contributed by atoms with E-state index in [1.165, 1.54) is 5.56 Å². The average Bonchev–Trinajstić information content (AvgIpc) is 3.16. The number of carbonyl (C=O) groups is 2. The standard InChI is InChI=1S/C22H22N2O3/c1-15(2)16-8-10-18(11-9-16)24-22(26)20-13-12-19(27-20)14-23-21(25)17-6-4-3-5-7-17/h3-13,15H,14H2,1-2H3,(H,23,25)(H,24,26). The van der Waals surface area contributed by atoms with Crippen LogP contribution in [0.1, 0.15) is 52.0 Å². The van der Waals surface area contributed by atoms with E-state index in [9.17, 15) is 9.59 Å². The van der Waals surface area contributed by atoms with Crippen molar-refractivity contribution in [3.63, 3.8) is 0 Å². The normalized spacial score (nSPS) is 10.6. The Hall–Kier alpha value is -3.34. The molecule has 0 unspecified atom stereocenters. The van der Waals surface area contributed by atoms with Gasteiger partial charge in [0, 0.05) is 11.3 Å². The molecule has 27 heavy (non-hydrogen) atoms. The van der Waals surface area contributed by atoms with Crippen molar-refractivity contribution in [1.82, 2.24) is 5.32 Å². The Bertz CT molecular complexity index is 912. The Morgan fingerprint density at radius 1 is 0.889 bits per heavy atom. The van der Waals surface area contributed by atoms with E-state index >= 15 is 0 Å². The minimum Gasteiger partial charge on any atom is -0.454 e. The Kier molecular flexibility index (Phi) is 5.71. The van der Waals surface area contributed by atoms with Gasteiger partial charge in [0.1, 0.15) is 5.76 Å². The molecule has 0 saturated carbocycles. The van der Waals surface area contributed by atoms with Gasteiger partial charge in [-0.1, -0.05) is 44.2 Å². The molecule has 0 bridgehead atoms. The summed E-state index contributed by atoms with van der Waals surface area (Å²) in [6.45, 7) is 4.45. The van der Waals surface area contributed by atoms with Gasteiger partial charge in [-0.15, -0.1) is 0 Å². The van der Waals surface area contributed by atoms with E-state index in [1.807, 2.05) is 30.3 Å². The Balaban J connectivity index is 1.56. The number of furan rings is 1. The first kappa shape index (κ1) is 18.5. The van der Waals surface area contributed by atoms with E-state index in [2.05, 4.69) is 24.5 Å². The first-order valence-electron chi connectivity index (χ1n) is 8.86. The van der Waals surface area contributed by atoms with Gasteiger partial charge in [-0.05, 0) is 47.9 Å². The summed E-state index contributed by atoms with van der Waals surface area (Å²) in [6, 6.07) is 19.9. The molecule has 0 fully saturated rings. The van der Waals surface area contributed by atoms with Crippen molar-refractivity contribution in [2.75, 3.05) is 5.32 Å². The summed E-state index contributed by atoms with van der Waals surface area (Å²) in [6.07, 6.45) is 0. The molecule has 5 nitrogen and oxygen atoms in total. The van der Waals surface area contributed by atoms with Crippen LogP contribution in [-0.2, 0) is 6.54 Å². The van der Waals surface area contributed by atoms with Crippen LogP contribution < -0.4 is 10.6 Å². The third-order valence-corrected chi connectivity index (χ3v) is 4.18. The molecule has 0 aliphatic rings. The summed E-state index contributed by atoms with van der Waals surface area (Å²) >= 11 is 0. The highest BCUT2D eigenvalue weighted by Gasteiger charge is 2.13. The highest BCUT2D eigenvalue weighted by molar-refractivity contribution is 6.02. The van der Waals surface area contributed by atoms with E-state index in [0.717, 1.165) is 0 Å². The molecule has 0 atom stereocenters. The van der Waals surface area contributed by atoms with Crippen molar-refractivity contribution in [1.29, 1.82) is 0 Å². The van der Waals surface area contributed by atoms with Crippen molar-refractivity contribution >= 4 is 17.5 Å². The predicted molar refractivity (Wildman–Crippen MR) is 105 cm³/mol. The lowest BCUT2D eigenvalue weighted by atomic mass is 10.0. The van der Waals surface area contributed by atoms with Gasteiger partial charge in [-0.2, -0.15) is 0 Å². The van der Waals surface area contributed by atoms with Gasteiger partial charge >= 0.3 is 0 Å². The SMILES string of the molecule is CC(C)c1ccc(NC(=O)c2ccc(CNC(=O)c3ccccc3)o2)cc1.